The Kier molecular flexibility index (Phi) is 5.45. The van der Waals surface area contributed by atoms with Crippen LogP contribution in [0.4, 0.5) is 4.39 Å². The summed E-state index contributed by atoms with van der Waals surface area (Å²) in [6.45, 7) is -0.495. The van der Waals surface area contributed by atoms with Crippen LogP contribution in [-0.4, -0.2) is 28.7 Å². The Labute approximate surface area is 90.5 Å². The Balaban J connectivity index is 2.37. The minimum atomic E-state index is -1.63. The molecule has 0 aliphatic carbocycles. The highest BCUT2D eigenvalue weighted by Gasteiger charge is 2.09. The molecular formula is C10H13FO3S. The molecule has 3 nitrogen and oxygen atoms in total. The van der Waals surface area contributed by atoms with Gasteiger partial charge >= 0.3 is 0 Å². The van der Waals surface area contributed by atoms with Crippen LogP contribution in [0.3, 0.4) is 0 Å². The van der Waals surface area contributed by atoms with Gasteiger partial charge in [0, 0.05) is 13.0 Å². The molecule has 2 unspecified atom stereocenters. The van der Waals surface area contributed by atoms with Gasteiger partial charge in [-0.3, -0.25) is 4.18 Å². The summed E-state index contributed by atoms with van der Waals surface area (Å²) in [4.78, 5) is 0.508. The number of benzene rings is 1. The van der Waals surface area contributed by atoms with E-state index in [2.05, 4.69) is 0 Å². The van der Waals surface area contributed by atoms with Crippen LogP contribution in [-0.2, 0) is 15.3 Å². The van der Waals surface area contributed by atoms with Crippen LogP contribution in [0, 0.1) is 0 Å². The van der Waals surface area contributed by atoms with Crippen LogP contribution < -0.4 is 0 Å². The van der Waals surface area contributed by atoms with E-state index in [0.29, 0.717) is 4.90 Å². The molecule has 0 spiro atoms. The Hall–Kier alpha value is -0.780. The molecule has 0 saturated carbocycles. The first-order valence-electron chi connectivity index (χ1n) is 4.59. The molecule has 1 aromatic carbocycles. The van der Waals surface area contributed by atoms with Crippen LogP contribution in [0.5, 0.6) is 0 Å². The maximum atomic E-state index is 12.9. The Bertz CT molecular complexity index is 305. The summed E-state index contributed by atoms with van der Waals surface area (Å²) in [5.74, 6) is 0. The van der Waals surface area contributed by atoms with Gasteiger partial charge in [-0.1, -0.05) is 18.2 Å². The molecule has 84 valence electrons. The monoisotopic (exact) mass is 232 g/mol. The minimum Gasteiger partial charge on any atom is -0.396 e. The maximum Gasteiger partial charge on any atom is 0.189 e. The van der Waals surface area contributed by atoms with Crippen LogP contribution in [0.25, 0.3) is 0 Å². The highest BCUT2D eigenvalue weighted by Crippen LogP contribution is 2.08. The number of halogens is 1. The minimum absolute atomic E-state index is 0.00594. The van der Waals surface area contributed by atoms with E-state index in [-0.39, 0.29) is 19.6 Å². The normalized spacial score (nSPS) is 14.8. The average molecular weight is 232 g/mol. The zero-order valence-corrected chi connectivity index (χ0v) is 8.95. The topological polar surface area (TPSA) is 46.5 Å². The molecule has 0 aliphatic rings. The number of hydrogen-bond acceptors (Lipinski definition) is 3. The summed E-state index contributed by atoms with van der Waals surface area (Å²) in [5, 5.41) is 8.45. The fraction of sp³-hybridized carbons (Fsp3) is 0.400. The fourth-order valence-corrected chi connectivity index (χ4v) is 1.75. The van der Waals surface area contributed by atoms with E-state index in [1.807, 2.05) is 0 Å². The van der Waals surface area contributed by atoms with Crippen molar-refractivity contribution in [3.63, 3.8) is 0 Å². The highest BCUT2D eigenvalue weighted by atomic mass is 32.2. The first kappa shape index (κ1) is 12.3. The molecule has 0 saturated heterocycles. The molecule has 0 amide bonds. The quantitative estimate of drug-likeness (QED) is 0.807. The van der Waals surface area contributed by atoms with Gasteiger partial charge in [0.2, 0.25) is 0 Å². The van der Waals surface area contributed by atoms with E-state index >= 15 is 0 Å². The number of aliphatic hydroxyl groups is 1. The van der Waals surface area contributed by atoms with Crippen molar-refractivity contribution in [1.82, 2.24) is 0 Å². The molecule has 0 fully saturated rings. The van der Waals surface area contributed by atoms with Gasteiger partial charge in [0.25, 0.3) is 0 Å². The van der Waals surface area contributed by atoms with Crippen molar-refractivity contribution < 1.29 is 17.9 Å². The van der Waals surface area contributed by atoms with Crippen molar-refractivity contribution in [2.75, 3.05) is 13.2 Å². The van der Waals surface area contributed by atoms with Gasteiger partial charge < -0.3 is 5.11 Å². The Morgan fingerprint density at radius 1 is 1.40 bits per heavy atom. The molecule has 5 heteroatoms. The van der Waals surface area contributed by atoms with Gasteiger partial charge in [-0.15, -0.1) is 0 Å². The summed E-state index contributed by atoms with van der Waals surface area (Å²) in [6.07, 6.45) is -1.27. The zero-order valence-electron chi connectivity index (χ0n) is 8.14. The molecule has 1 N–H and O–H groups in total. The van der Waals surface area contributed by atoms with Crippen molar-refractivity contribution in [3.05, 3.63) is 30.3 Å². The lowest BCUT2D eigenvalue weighted by molar-refractivity contribution is 0.165. The van der Waals surface area contributed by atoms with Crippen molar-refractivity contribution in [3.8, 4) is 0 Å². The summed E-state index contributed by atoms with van der Waals surface area (Å²) in [6, 6.07) is 8.56. The molecule has 0 bridgehead atoms. The van der Waals surface area contributed by atoms with Crippen LogP contribution in [0.1, 0.15) is 6.42 Å². The van der Waals surface area contributed by atoms with Crippen molar-refractivity contribution in [2.45, 2.75) is 17.5 Å². The molecule has 1 aromatic rings. The van der Waals surface area contributed by atoms with Gasteiger partial charge in [-0.25, -0.2) is 8.60 Å². The number of alkyl halides is 1. The lowest BCUT2D eigenvalue weighted by Gasteiger charge is -2.06. The first-order valence-corrected chi connectivity index (χ1v) is 5.66. The van der Waals surface area contributed by atoms with Crippen LogP contribution in [0.2, 0.25) is 0 Å². The SMILES string of the molecule is O=S(OCC(F)CCO)c1ccccc1. The second kappa shape index (κ2) is 6.66. The number of rotatable bonds is 6. The Morgan fingerprint density at radius 3 is 2.67 bits per heavy atom. The molecule has 1 rings (SSSR count). The fourth-order valence-electron chi connectivity index (χ4n) is 0.959. The van der Waals surface area contributed by atoms with Crippen molar-refractivity contribution in [2.24, 2.45) is 0 Å². The third kappa shape index (κ3) is 4.51. The third-order valence-corrected chi connectivity index (χ3v) is 2.74. The van der Waals surface area contributed by atoms with E-state index in [9.17, 15) is 8.60 Å². The molecule has 2 atom stereocenters. The van der Waals surface area contributed by atoms with E-state index in [1.54, 1.807) is 30.3 Å². The lowest BCUT2D eigenvalue weighted by Crippen LogP contribution is -2.13. The summed E-state index contributed by atoms with van der Waals surface area (Å²) < 4.78 is 29.1. The summed E-state index contributed by atoms with van der Waals surface area (Å²) in [5.41, 5.74) is 0. The van der Waals surface area contributed by atoms with Gasteiger partial charge in [0.15, 0.2) is 11.1 Å². The highest BCUT2D eigenvalue weighted by molar-refractivity contribution is 7.80. The number of aliphatic hydroxyl groups excluding tert-OH is 1. The predicted octanol–water partition coefficient (Wildman–Crippen LogP) is 1.45. The Morgan fingerprint density at radius 2 is 2.07 bits per heavy atom. The zero-order chi connectivity index (χ0) is 11.1. The number of hydrogen-bond donors (Lipinski definition) is 1. The largest absolute Gasteiger partial charge is 0.396 e. The maximum absolute atomic E-state index is 12.9. The predicted molar refractivity (Wildman–Crippen MR) is 55.4 cm³/mol. The van der Waals surface area contributed by atoms with E-state index in [0.717, 1.165) is 0 Å². The smallest absolute Gasteiger partial charge is 0.189 e. The summed E-state index contributed by atoms with van der Waals surface area (Å²) in [7, 11) is 0. The van der Waals surface area contributed by atoms with E-state index < -0.39 is 17.3 Å². The second-order valence-corrected chi connectivity index (χ2v) is 4.12. The molecule has 0 radical (unpaired) electrons. The van der Waals surface area contributed by atoms with E-state index in [1.165, 1.54) is 0 Å². The van der Waals surface area contributed by atoms with E-state index in [4.69, 9.17) is 9.29 Å². The van der Waals surface area contributed by atoms with Crippen molar-refractivity contribution >= 4 is 11.1 Å². The van der Waals surface area contributed by atoms with Gasteiger partial charge in [0.1, 0.15) is 6.17 Å². The third-order valence-electron chi connectivity index (χ3n) is 1.73. The standard InChI is InChI=1S/C10H13FO3S/c11-9(6-7-12)8-14-15(13)10-4-2-1-3-5-10/h1-5,9,12H,6-8H2. The van der Waals surface area contributed by atoms with Gasteiger partial charge in [-0.2, -0.15) is 0 Å². The average Bonchev–Trinajstić information content (AvgIpc) is 2.27. The van der Waals surface area contributed by atoms with Gasteiger partial charge in [0.05, 0.1) is 11.5 Å². The van der Waals surface area contributed by atoms with Crippen LogP contribution >= 0.6 is 0 Å². The van der Waals surface area contributed by atoms with Gasteiger partial charge in [-0.05, 0) is 12.1 Å². The molecule has 0 aliphatic heterocycles. The lowest BCUT2D eigenvalue weighted by atomic mass is 10.3. The molecule has 0 aromatic heterocycles. The first-order chi connectivity index (χ1) is 7.24. The molecule has 0 heterocycles. The van der Waals surface area contributed by atoms with Crippen molar-refractivity contribution in [1.29, 1.82) is 0 Å². The van der Waals surface area contributed by atoms with Crippen LogP contribution in [0.15, 0.2) is 35.2 Å². The second-order valence-electron chi connectivity index (χ2n) is 2.94. The summed E-state index contributed by atoms with van der Waals surface area (Å²) >= 11 is -1.63. The molecular weight excluding hydrogens is 219 g/mol. The molecule has 15 heavy (non-hydrogen) atoms.